The highest BCUT2D eigenvalue weighted by atomic mass is 19.1. The number of pyridine rings is 1. The minimum atomic E-state index is -0.271. The van der Waals surface area contributed by atoms with E-state index in [0.717, 1.165) is 28.6 Å². The fraction of sp³-hybridized carbons (Fsp3) is 0.300. The molecule has 0 bridgehead atoms. The summed E-state index contributed by atoms with van der Waals surface area (Å²) in [5, 5.41) is 4.36. The van der Waals surface area contributed by atoms with Crippen molar-refractivity contribution >= 4 is 27.9 Å². The van der Waals surface area contributed by atoms with Crippen LogP contribution in [0.25, 0.3) is 22.1 Å². The van der Waals surface area contributed by atoms with Crippen LogP contribution >= 0.6 is 0 Å². The number of anilines is 1. The van der Waals surface area contributed by atoms with E-state index in [1.54, 1.807) is 12.4 Å². The van der Waals surface area contributed by atoms with Crippen LogP contribution in [0.15, 0.2) is 36.9 Å². The summed E-state index contributed by atoms with van der Waals surface area (Å²) in [6.07, 6.45) is 3.91. The highest BCUT2D eigenvalue weighted by molar-refractivity contribution is 5.83. The van der Waals surface area contributed by atoms with Gasteiger partial charge in [-0.15, -0.1) is 0 Å². The molecular weight excluding hydrogens is 343 g/mol. The van der Waals surface area contributed by atoms with Crippen LogP contribution in [0.1, 0.15) is 38.1 Å². The smallest absolute Gasteiger partial charge is 0.182 e. The first-order valence-corrected chi connectivity index (χ1v) is 9.01. The molecule has 7 heteroatoms. The van der Waals surface area contributed by atoms with Crippen LogP contribution in [0.4, 0.5) is 10.2 Å². The van der Waals surface area contributed by atoms with E-state index in [9.17, 15) is 4.39 Å². The molecule has 0 aliphatic carbocycles. The summed E-state index contributed by atoms with van der Waals surface area (Å²) in [4.78, 5) is 20.5. The number of hydrogen-bond donors (Lipinski definition) is 2. The molecule has 0 aliphatic rings. The summed E-state index contributed by atoms with van der Waals surface area (Å²) in [6.45, 7) is 6.37. The van der Waals surface area contributed by atoms with Crippen LogP contribution < -0.4 is 5.32 Å². The Bertz CT molecular complexity index is 1100. The molecule has 0 saturated heterocycles. The van der Waals surface area contributed by atoms with Crippen molar-refractivity contribution in [1.82, 2.24) is 24.9 Å². The zero-order chi connectivity index (χ0) is 19.0. The van der Waals surface area contributed by atoms with Crippen molar-refractivity contribution in [2.75, 3.05) is 5.32 Å². The highest BCUT2D eigenvalue weighted by Crippen LogP contribution is 2.28. The summed E-state index contributed by atoms with van der Waals surface area (Å²) >= 11 is 0. The van der Waals surface area contributed by atoms with Gasteiger partial charge in [0.15, 0.2) is 11.5 Å². The molecule has 1 aromatic carbocycles. The topological polar surface area (TPSA) is 79.4 Å². The predicted octanol–water partition coefficient (Wildman–Crippen LogP) is 4.41. The number of nitrogens with zero attached hydrogens (tertiary/aromatic N) is 4. The van der Waals surface area contributed by atoms with Crippen molar-refractivity contribution in [2.45, 2.75) is 33.2 Å². The minimum Gasteiger partial charge on any atom is -0.362 e. The van der Waals surface area contributed by atoms with Crippen molar-refractivity contribution in [2.24, 2.45) is 5.92 Å². The lowest BCUT2D eigenvalue weighted by atomic mass is 9.97. The first-order valence-electron chi connectivity index (χ1n) is 9.01. The fourth-order valence-electron chi connectivity index (χ4n) is 3.28. The van der Waals surface area contributed by atoms with Gasteiger partial charge in [0.2, 0.25) is 0 Å². The van der Waals surface area contributed by atoms with Gasteiger partial charge in [-0.3, -0.25) is 4.98 Å². The lowest BCUT2D eigenvalue weighted by Gasteiger charge is -2.20. The standard InChI is InChI=1S/C20H21FN6/c1-11(2)6-17-15(7-13-4-5-14(21)8-16(13)27-17)12(3)26-20-18-19(23-9-22-18)24-10-25-20/h4-5,7-12H,6H2,1-3H3,(H2,22,23,24,25,26)/t12-/m0/s1. The molecule has 0 spiro atoms. The maximum atomic E-state index is 13.6. The Kier molecular flexibility index (Phi) is 4.43. The molecule has 3 aromatic heterocycles. The number of nitrogens with one attached hydrogen (secondary N) is 2. The van der Waals surface area contributed by atoms with E-state index in [1.165, 1.54) is 18.5 Å². The minimum absolute atomic E-state index is 0.0397. The van der Waals surface area contributed by atoms with E-state index in [0.29, 0.717) is 22.9 Å². The lowest BCUT2D eigenvalue weighted by Crippen LogP contribution is -2.13. The molecule has 3 heterocycles. The molecule has 2 N–H and O–H groups in total. The number of aromatic amines is 1. The molecule has 0 saturated carbocycles. The van der Waals surface area contributed by atoms with Crippen LogP contribution in [0.5, 0.6) is 0 Å². The molecule has 0 unspecified atom stereocenters. The number of imidazole rings is 1. The van der Waals surface area contributed by atoms with E-state index >= 15 is 0 Å². The highest BCUT2D eigenvalue weighted by Gasteiger charge is 2.17. The molecule has 1 atom stereocenters. The third kappa shape index (κ3) is 3.45. The third-order valence-electron chi connectivity index (χ3n) is 4.54. The van der Waals surface area contributed by atoms with Gasteiger partial charge in [0.05, 0.1) is 17.9 Å². The Hall–Kier alpha value is -3.09. The van der Waals surface area contributed by atoms with Crippen LogP contribution in [0.2, 0.25) is 0 Å². The Labute approximate surface area is 156 Å². The third-order valence-corrected chi connectivity index (χ3v) is 4.54. The normalized spacial score (nSPS) is 12.8. The van der Waals surface area contributed by atoms with Gasteiger partial charge in [-0.1, -0.05) is 13.8 Å². The SMILES string of the molecule is CC(C)Cc1nc2cc(F)ccc2cc1[C@H](C)Nc1ncnc2nc[nH]c12. The molecule has 27 heavy (non-hydrogen) atoms. The summed E-state index contributed by atoms with van der Waals surface area (Å²) in [7, 11) is 0. The predicted molar refractivity (Wildman–Crippen MR) is 104 cm³/mol. The number of hydrogen-bond acceptors (Lipinski definition) is 5. The quantitative estimate of drug-likeness (QED) is 0.548. The van der Waals surface area contributed by atoms with Crippen molar-refractivity contribution in [1.29, 1.82) is 0 Å². The molecule has 0 radical (unpaired) electrons. The van der Waals surface area contributed by atoms with Gasteiger partial charge in [-0.05, 0) is 43.0 Å². The van der Waals surface area contributed by atoms with Gasteiger partial charge in [0, 0.05) is 17.1 Å². The number of aromatic nitrogens is 5. The van der Waals surface area contributed by atoms with Gasteiger partial charge in [0.1, 0.15) is 17.7 Å². The largest absolute Gasteiger partial charge is 0.362 e. The van der Waals surface area contributed by atoms with Gasteiger partial charge in [-0.2, -0.15) is 0 Å². The van der Waals surface area contributed by atoms with Gasteiger partial charge in [0.25, 0.3) is 0 Å². The van der Waals surface area contributed by atoms with E-state index in [-0.39, 0.29) is 11.9 Å². The Morgan fingerprint density at radius 2 is 1.96 bits per heavy atom. The average molecular weight is 364 g/mol. The molecule has 0 aliphatic heterocycles. The summed E-state index contributed by atoms with van der Waals surface area (Å²) in [5.41, 5.74) is 4.12. The summed E-state index contributed by atoms with van der Waals surface area (Å²) < 4.78 is 13.6. The lowest BCUT2D eigenvalue weighted by molar-refractivity contribution is 0.624. The maximum absolute atomic E-state index is 13.6. The molecule has 138 valence electrons. The second-order valence-electron chi connectivity index (χ2n) is 7.15. The average Bonchev–Trinajstić information content (AvgIpc) is 3.10. The zero-order valence-corrected chi connectivity index (χ0v) is 15.5. The van der Waals surface area contributed by atoms with Crippen LogP contribution in [-0.2, 0) is 6.42 Å². The Morgan fingerprint density at radius 3 is 2.78 bits per heavy atom. The van der Waals surface area contributed by atoms with E-state index < -0.39 is 0 Å². The van der Waals surface area contributed by atoms with Crippen molar-refractivity contribution < 1.29 is 4.39 Å². The first kappa shape index (κ1) is 17.3. The van der Waals surface area contributed by atoms with Crippen molar-refractivity contribution in [3.63, 3.8) is 0 Å². The van der Waals surface area contributed by atoms with Gasteiger partial charge in [-0.25, -0.2) is 19.3 Å². The van der Waals surface area contributed by atoms with Crippen LogP contribution in [0, 0.1) is 11.7 Å². The molecule has 4 aromatic rings. The van der Waals surface area contributed by atoms with E-state index in [1.807, 2.05) is 0 Å². The summed E-state index contributed by atoms with van der Waals surface area (Å²) in [6, 6.07) is 6.77. The molecule has 6 nitrogen and oxygen atoms in total. The zero-order valence-electron chi connectivity index (χ0n) is 15.5. The first-order chi connectivity index (χ1) is 13.0. The van der Waals surface area contributed by atoms with E-state index in [4.69, 9.17) is 4.98 Å². The Balaban J connectivity index is 1.76. The molecule has 0 fully saturated rings. The molecule has 0 amide bonds. The van der Waals surface area contributed by atoms with Crippen molar-refractivity contribution in [3.05, 3.63) is 54.0 Å². The van der Waals surface area contributed by atoms with Crippen LogP contribution in [-0.4, -0.2) is 24.9 Å². The molecular formula is C20H21FN6. The second-order valence-corrected chi connectivity index (χ2v) is 7.15. The van der Waals surface area contributed by atoms with E-state index in [2.05, 4.69) is 52.1 Å². The number of benzene rings is 1. The number of halogens is 1. The second kappa shape index (κ2) is 6.90. The number of H-pyrrole nitrogens is 1. The van der Waals surface area contributed by atoms with Crippen LogP contribution in [0.3, 0.4) is 0 Å². The maximum Gasteiger partial charge on any atom is 0.182 e. The number of fused-ring (bicyclic) bond motifs is 2. The monoisotopic (exact) mass is 364 g/mol. The molecule has 4 rings (SSSR count). The van der Waals surface area contributed by atoms with Crippen molar-refractivity contribution in [3.8, 4) is 0 Å². The Morgan fingerprint density at radius 1 is 1.11 bits per heavy atom. The summed E-state index contributed by atoms with van der Waals surface area (Å²) in [5.74, 6) is 0.861. The number of rotatable bonds is 5. The van der Waals surface area contributed by atoms with Gasteiger partial charge >= 0.3 is 0 Å². The van der Waals surface area contributed by atoms with Gasteiger partial charge < -0.3 is 10.3 Å². The fourth-order valence-corrected chi connectivity index (χ4v) is 3.28.